The lowest BCUT2D eigenvalue weighted by Crippen LogP contribution is -2.06. The van der Waals surface area contributed by atoms with E-state index in [1.54, 1.807) is 18.2 Å². The molecule has 27 heavy (non-hydrogen) atoms. The SMILES string of the molecule is Cc1ccc(C(C)C)c(OCc2n[nH]c(=S)n2/N=C\c2ccccc2F)c1. The fourth-order valence-electron chi connectivity index (χ4n) is 2.62. The lowest BCUT2D eigenvalue weighted by atomic mass is 10.0. The number of ether oxygens (including phenoxy) is 1. The normalized spacial score (nSPS) is 11.4. The summed E-state index contributed by atoms with van der Waals surface area (Å²) in [5.41, 5.74) is 2.61. The van der Waals surface area contributed by atoms with Crippen molar-refractivity contribution in [2.45, 2.75) is 33.3 Å². The monoisotopic (exact) mass is 384 g/mol. The van der Waals surface area contributed by atoms with Gasteiger partial charge in [-0.1, -0.05) is 44.2 Å². The van der Waals surface area contributed by atoms with Gasteiger partial charge in [-0.05, 0) is 48.3 Å². The van der Waals surface area contributed by atoms with Crippen molar-refractivity contribution in [1.82, 2.24) is 14.9 Å². The number of hydrogen-bond donors (Lipinski definition) is 1. The van der Waals surface area contributed by atoms with Crippen LogP contribution in [-0.4, -0.2) is 21.1 Å². The first-order chi connectivity index (χ1) is 13.0. The number of H-pyrrole nitrogens is 1. The minimum Gasteiger partial charge on any atom is -0.485 e. The van der Waals surface area contributed by atoms with Crippen LogP contribution in [0.25, 0.3) is 0 Å². The van der Waals surface area contributed by atoms with E-state index in [9.17, 15) is 4.39 Å². The van der Waals surface area contributed by atoms with Gasteiger partial charge in [0, 0.05) is 5.56 Å². The molecule has 0 aliphatic carbocycles. The van der Waals surface area contributed by atoms with E-state index in [2.05, 4.69) is 41.3 Å². The molecule has 5 nitrogen and oxygen atoms in total. The molecule has 3 aromatic rings. The highest BCUT2D eigenvalue weighted by molar-refractivity contribution is 7.71. The number of benzene rings is 2. The van der Waals surface area contributed by atoms with Crippen molar-refractivity contribution in [3.63, 3.8) is 0 Å². The van der Waals surface area contributed by atoms with Gasteiger partial charge in [0.1, 0.15) is 18.2 Å². The van der Waals surface area contributed by atoms with Crippen LogP contribution in [0.4, 0.5) is 4.39 Å². The van der Waals surface area contributed by atoms with Crippen LogP contribution in [0.5, 0.6) is 5.75 Å². The Hall–Kier alpha value is -2.80. The zero-order chi connectivity index (χ0) is 19.4. The summed E-state index contributed by atoms with van der Waals surface area (Å²) in [5.74, 6) is 1.29. The number of nitrogens with zero attached hydrogens (tertiary/aromatic N) is 3. The van der Waals surface area contributed by atoms with Crippen molar-refractivity contribution in [3.8, 4) is 5.75 Å². The van der Waals surface area contributed by atoms with Crippen LogP contribution in [0.2, 0.25) is 0 Å². The maximum atomic E-state index is 13.8. The van der Waals surface area contributed by atoms with Gasteiger partial charge in [-0.25, -0.2) is 9.49 Å². The van der Waals surface area contributed by atoms with E-state index in [1.165, 1.54) is 17.0 Å². The lowest BCUT2D eigenvalue weighted by molar-refractivity contribution is 0.286. The second kappa shape index (κ2) is 8.26. The molecular weight excluding hydrogens is 363 g/mol. The number of aromatic amines is 1. The number of hydrogen-bond acceptors (Lipinski definition) is 4. The van der Waals surface area contributed by atoms with Crippen molar-refractivity contribution in [1.29, 1.82) is 0 Å². The smallest absolute Gasteiger partial charge is 0.216 e. The van der Waals surface area contributed by atoms with E-state index < -0.39 is 0 Å². The lowest BCUT2D eigenvalue weighted by Gasteiger charge is -2.14. The molecule has 2 aromatic carbocycles. The summed E-state index contributed by atoms with van der Waals surface area (Å²) in [5, 5.41) is 11.1. The third kappa shape index (κ3) is 4.49. The van der Waals surface area contributed by atoms with Gasteiger partial charge in [-0.2, -0.15) is 14.9 Å². The quantitative estimate of drug-likeness (QED) is 0.482. The molecule has 0 saturated heterocycles. The Bertz CT molecular complexity index is 1020. The van der Waals surface area contributed by atoms with Crippen LogP contribution < -0.4 is 4.74 Å². The number of aryl methyl sites for hydroxylation is 1. The maximum absolute atomic E-state index is 13.8. The highest BCUT2D eigenvalue weighted by atomic mass is 32.1. The molecule has 1 heterocycles. The molecule has 0 unspecified atom stereocenters. The number of nitrogens with one attached hydrogen (secondary N) is 1. The van der Waals surface area contributed by atoms with Crippen molar-refractivity contribution >= 4 is 18.4 Å². The van der Waals surface area contributed by atoms with Gasteiger partial charge in [0.15, 0.2) is 5.82 Å². The molecular formula is C20H21FN4OS. The maximum Gasteiger partial charge on any atom is 0.216 e. The van der Waals surface area contributed by atoms with Crippen molar-refractivity contribution in [3.05, 3.63) is 75.6 Å². The summed E-state index contributed by atoms with van der Waals surface area (Å²) in [4.78, 5) is 0. The van der Waals surface area contributed by atoms with E-state index in [0.29, 0.717) is 22.1 Å². The number of aromatic nitrogens is 3. The molecule has 0 saturated carbocycles. The Balaban J connectivity index is 1.83. The van der Waals surface area contributed by atoms with Crippen LogP contribution in [0.15, 0.2) is 47.6 Å². The second-order valence-corrected chi connectivity index (χ2v) is 6.89. The van der Waals surface area contributed by atoms with E-state index in [1.807, 2.05) is 13.0 Å². The molecule has 0 spiro atoms. The highest BCUT2D eigenvalue weighted by Gasteiger charge is 2.11. The van der Waals surface area contributed by atoms with Crippen molar-refractivity contribution < 1.29 is 9.13 Å². The van der Waals surface area contributed by atoms with Crippen LogP contribution in [0.1, 0.15) is 42.3 Å². The van der Waals surface area contributed by atoms with E-state index >= 15 is 0 Å². The summed E-state index contributed by atoms with van der Waals surface area (Å²) in [6.07, 6.45) is 1.41. The Labute approximate surface area is 162 Å². The minimum atomic E-state index is -0.351. The molecule has 0 aliphatic heterocycles. The van der Waals surface area contributed by atoms with Gasteiger partial charge >= 0.3 is 0 Å². The second-order valence-electron chi connectivity index (χ2n) is 6.51. The van der Waals surface area contributed by atoms with Crippen LogP contribution >= 0.6 is 12.2 Å². The van der Waals surface area contributed by atoms with Gasteiger partial charge < -0.3 is 4.74 Å². The molecule has 1 N–H and O–H groups in total. The first-order valence-electron chi connectivity index (χ1n) is 8.64. The van der Waals surface area contributed by atoms with E-state index in [-0.39, 0.29) is 12.4 Å². The van der Waals surface area contributed by atoms with Gasteiger partial charge in [0.25, 0.3) is 0 Å². The summed E-state index contributed by atoms with van der Waals surface area (Å²) < 4.78 is 21.5. The minimum absolute atomic E-state index is 0.185. The summed E-state index contributed by atoms with van der Waals surface area (Å²) >= 11 is 5.22. The topological polar surface area (TPSA) is 55.2 Å². The molecule has 0 bridgehead atoms. The average Bonchev–Trinajstić information content (AvgIpc) is 2.99. The molecule has 0 atom stereocenters. The fourth-order valence-corrected chi connectivity index (χ4v) is 2.82. The largest absolute Gasteiger partial charge is 0.485 e. The predicted molar refractivity (Wildman–Crippen MR) is 106 cm³/mol. The Morgan fingerprint density at radius 3 is 2.81 bits per heavy atom. The van der Waals surface area contributed by atoms with Crippen LogP contribution in [-0.2, 0) is 6.61 Å². The van der Waals surface area contributed by atoms with Crippen molar-refractivity contribution in [2.75, 3.05) is 0 Å². The molecule has 140 valence electrons. The zero-order valence-corrected chi connectivity index (χ0v) is 16.3. The fraction of sp³-hybridized carbons (Fsp3) is 0.250. The molecule has 0 fully saturated rings. The van der Waals surface area contributed by atoms with Crippen LogP contribution in [0, 0.1) is 17.5 Å². The van der Waals surface area contributed by atoms with Crippen molar-refractivity contribution in [2.24, 2.45) is 5.10 Å². The summed E-state index contributed by atoms with van der Waals surface area (Å²) in [6, 6.07) is 12.5. The van der Waals surface area contributed by atoms with Gasteiger partial charge in [0.2, 0.25) is 4.77 Å². The van der Waals surface area contributed by atoms with E-state index in [0.717, 1.165) is 16.9 Å². The Morgan fingerprint density at radius 1 is 1.30 bits per heavy atom. The first kappa shape index (κ1) is 19.0. The number of rotatable bonds is 6. The third-order valence-corrected chi connectivity index (χ3v) is 4.35. The Kier molecular flexibility index (Phi) is 5.81. The summed E-state index contributed by atoms with van der Waals surface area (Å²) in [6.45, 7) is 6.44. The van der Waals surface area contributed by atoms with E-state index in [4.69, 9.17) is 17.0 Å². The molecule has 7 heteroatoms. The molecule has 0 amide bonds. The molecule has 0 radical (unpaired) electrons. The predicted octanol–water partition coefficient (Wildman–Crippen LogP) is 4.97. The number of halogens is 1. The van der Waals surface area contributed by atoms with Gasteiger partial charge in [0.05, 0.1) is 6.21 Å². The zero-order valence-electron chi connectivity index (χ0n) is 15.4. The highest BCUT2D eigenvalue weighted by Crippen LogP contribution is 2.28. The third-order valence-electron chi connectivity index (χ3n) is 4.08. The molecule has 1 aromatic heterocycles. The first-order valence-corrected chi connectivity index (χ1v) is 9.05. The molecule has 0 aliphatic rings. The molecule has 3 rings (SSSR count). The van der Waals surface area contributed by atoms with Crippen LogP contribution in [0.3, 0.4) is 0 Å². The standard InChI is InChI=1S/C20H21FN4OS/c1-13(2)16-9-8-14(3)10-18(16)26-12-19-23-24-20(27)25(19)22-11-15-6-4-5-7-17(15)21/h4-11,13H,12H2,1-3H3,(H,24,27)/b22-11-. The average molecular weight is 384 g/mol. The van der Waals surface area contributed by atoms with Gasteiger partial charge in [-0.3, -0.25) is 0 Å². The summed E-state index contributed by atoms with van der Waals surface area (Å²) in [7, 11) is 0. The van der Waals surface area contributed by atoms with Gasteiger partial charge in [-0.15, -0.1) is 0 Å². The Morgan fingerprint density at radius 2 is 2.07 bits per heavy atom.